The molecule has 0 aromatic carbocycles. The van der Waals surface area contributed by atoms with Crippen molar-refractivity contribution < 1.29 is 13.2 Å². The summed E-state index contributed by atoms with van der Waals surface area (Å²) in [6.07, 6.45) is 4.46. The van der Waals surface area contributed by atoms with Gasteiger partial charge in [-0.1, -0.05) is 0 Å². The average molecular weight is 270 g/mol. The Morgan fingerprint density at radius 3 is 2.83 bits per heavy atom. The molecule has 5 nitrogen and oxygen atoms in total. The zero-order valence-electron chi connectivity index (χ0n) is 10.4. The molecular weight excluding hydrogens is 252 g/mol. The van der Waals surface area contributed by atoms with Crippen molar-refractivity contribution in [1.29, 1.82) is 0 Å². The van der Waals surface area contributed by atoms with E-state index in [0.717, 1.165) is 5.56 Å². The van der Waals surface area contributed by atoms with Crippen LogP contribution in [0, 0.1) is 0 Å². The Morgan fingerprint density at radius 2 is 2.33 bits per heavy atom. The Kier molecular flexibility index (Phi) is 3.75. The lowest BCUT2D eigenvalue weighted by molar-refractivity contribution is -0.132. The number of amides is 1. The molecule has 0 spiro atoms. The summed E-state index contributed by atoms with van der Waals surface area (Å²) < 4.78 is 22.9. The predicted octanol–water partition coefficient (Wildman–Crippen LogP) is 0.593. The van der Waals surface area contributed by atoms with Crippen LogP contribution in [0.2, 0.25) is 0 Å². The SMILES string of the molecule is CCN(C(=O)Cc1cc[nH]c1)C1CCS(=O)(=O)C1. The van der Waals surface area contributed by atoms with E-state index in [4.69, 9.17) is 0 Å². The number of hydrogen-bond donors (Lipinski definition) is 1. The highest BCUT2D eigenvalue weighted by molar-refractivity contribution is 7.91. The van der Waals surface area contributed by atoms with Crippen molar-refractivity contribution in [2.75, 3.05) is 18.1 Å². The van der Waals surface area contributed by atoms with Gasteiger partial charge in [0.25, 0.3) is 0 Å². The number of carbonyl (C=O) groups is 1. The zero-order valence-corrected chi connectivity index (χ0v) is 11.2. The predicted molar refractivity (Wildman–Crippen MR) is 68.9 cm³/mol. The maximum atomic E-state index is 12.2. The van der Waals surface area contributed by atoms with Crippen molar-refractivity contribution in [3.05, 3.63) is 24.0 Å². The second-order valence-electron chi connectivity index (χ2n) is 4.63. The van der Waals surface area contributed by atoms with E-state index in [-0.39, 0.29) is 23.5 Å². The molecule has 0 bridgehead atoms. The molecule has 0 radical (unpaired) electrons. The van der Waals surface area contributed by atoms with E-state index in [1.165, 1.54) is 0 Å². The minimum Gasteiger partial charge on any atom is -0.367 e. The molecule has 0 saturated carbocycles. The fourth-order valence-corrected chi connectivity index (χ4v) is 4.13. The maximum absolute atomic E-state index is 12.2. The Bertz CT molecular complexity index is 507. The van der Waals surface area contributed by atoms with Crippen molar-refractivity contribution >= 4 is 15.7 Å². The Hall–Kier alpha value is -1.30. The molecule has 2 heterocycles. The summed E-state index contributed by atoms with van der Waals surface area (Å²) >= 11 is 0. The fourth-order valence-electron chi connectivity index (χ4n) is 2.40. The quantitative estimate of drug-likeness (QED) is 0.870. The molecule has 1 atom stereocenters. The molecule has 2 rings (SSSR count). The van der Waals surface area contributed by atoms with E-state index in [2.05, 4.69) is 4.98 Å². The summed E-state index contributed by atoms with van der Waals surface area (Å²) in [7, 11) is -2.95. The molecule has 100 valence electrons. The number of carbonyl (C=O) groups excluding carboxylic acids is 1. The number of sulfone groups is 1. The van der Waals surface area contributed by atoms with Crippen molar-refractivity contribution in [3.8, 4) is 0 Å². The zero-order chi connectivity index (χ0) is 13.2. The number of nitrogens with one attached hydrogen (secondary N) is 1. The number of aromatic amines is 1. The van der Waals surface area contributed by atoms with E-state index in [1.807, 2.05) is 13.0 Å². The lowest BCUT2D eigenvalue weighted by atomic mass is 10.1. The van der Waals surface area contributed by atoms with Crippen molar-refractivity contribution in [2.45, 2.75) is 25.8 Å². The van der Waals surface area contributed by atoms with Gasteiger partial charge in [-0.15, -0.1) is 0 Å². The molecule has 6 heteroatoms. The van der Waals surface area contributed by atoms with E-state index in [1.54, 1.807) is 17.3 Å². The van der Waals surface area contributed by atoms with Gasteiger partial charge in [0.1, 0.15) is 0 Å². The molecule has 1 fully saturated rings. The average Bonchev–Trinajstić information content (AvgIpc) is 2.89. The van der Waals surface area contributed by atoms with Crippen LogP contribution in [0.3, 0.4) is 0 Å². The molecular formula is C12H18N2O3S. The van der Waals surface area contributed by atoms with E-state index < -0.39 is 9.84 Å². The van der Waals surface area contributed by atoms with Crippen LogP contribution in [0.4, 0.5) is 0 Å². The summed E-state index contributed by atoms with van der Waals surface area (Å²) in [5, 5.41) is 0. The molecule has 1 aliphatic rings. The largest absolute Gasteiger partial charge is 0.367 e. The first-order valence-electron chi connectivity index (χ1n) is 6.13. The van der Waals surface area contributed by atoms with Crippen LogP contribution >= 0.6 is 0 Å². The van der Waals surface area contributed by atoms with Crippen LogP contribution in [0.5, 0.6) is 0 Å². The number of hydrogen-bond acceptors (Lipinski definition) is 3. The summed E-state index contributed by atoms with van der Waals surface area (Å²) in [4.78, 5) is 16.8. The smallest absolute Gasteiger partial charge is 0.227 e. The van der Waals surface area contributed by atoms with Gasteiger partial charge in [0.2, 0.25) is 5.91 Å². The monoisotopic (exact) mass is 270 g/mol. The number of aromatic nitrogens is 1. The summed E-state index contributed by atoms with van der Waals surface area (Å²) in [5.41, 5.74) is 0.930. The van der Waals surface area contributed by atoms with E-state index in [0.29, 0.717) is 19.4 Å². The molecule has 1 aromatic rings. The van der Waals surface area contributed by atoms with Crippen LogP contribution in [0.1, 0.15) is 18.9 Å². The number of rotatable bonds is 4. The highest BCUT2D eigenvalue weighted by Crippen LogP contribution is 2.18. The second-order valence-corrected chi connectivity index (χ2v) is 6.86. The van der Waals surface area contributed by atoms with Crippen LogP contribution in [0.25, 0.3) is 0 Å². The summed E-state index contributed by atoms with van der Waals surface area (Å²) in [6.45, 7) is 2.45. The first-order chi connectivity index (χ1) is 8.52. The second kappa shape index (κ2) is 5.14. The van der Waals surface area contributed by atoms with Crippen molar-refractivity contribution in [3.63, 3.8) is 0 Å². The van der Waals surface area contributed by atoms with E-state index >= 15 is 0 Å². The van der Waals surface area contributed by atoms with E-state index in [9.17, 15) is 13.2 Å². The molecule has 1 amide bonds. The van der Waals surface area contributed by atoms with Gasteiger partial charge in [-0.25, -0.2) is 8.42 Å². The van der Waals surface area contributed by atoms with Crippen molar-refractivity contribution in [1.82, 2.24) is 9.88 Å². The van der Waals surface area contributed by atoms with Crippen LogP contribution < -0.4 is 0 Å². The Balaban J connectivity index is 2.03. The molecule has 1 aliphatic heterocycles. The lowest BCUT2D eigenvalue weighted by Gasteiger charge is -2.26. The Labute approximate surface area is 107 Å². The topological polar surface area (TPSA) is 70.2 Å². The number of nitrogens with zero attached hydrogens (tertiary/aromatic N) is 1. The lowest BCUT2D eigenvalue weighted by Crippen LogP contribution is -2.41. The molecule has 1 aromatic heterocycles. The number of H-pyrrole nitrogens is 1. The standard InChI is InChI=1S/C12H18N2O3S/c1-2-14(11-4-6-18(16,17)9-11)12(15)7-10-3-5-13-8-10/h3,5,8,11,13H,2,4,6-7,9H2,1H3. The highest BCUT2D eigenvalue weighted by Gasteiger charge is 2.33. The molecule has 1 unspecified atom stereocenters. The third-order valence-corrected chi connectivity index (χ3v) is 5.08. The van der Waals surface area contributed by atoms with Gasteiger partial charge < -0.3 is 9.88 Å². The van der Waals surface area contributed by atoms with Crippen LogP contribution in [0.15, 0.2) is 18.5 Å². The maximum Gasteiger partial charge on any atom is 0.227 e. The first kappa shape index (κ1) is 13.1. The van der Waals surface area contributed by atoms with Gasteiger partial charge in [-0.2, -0.15) is 0 Å². The van der Waals surface area contributed by atoms with Gasteiger partial charge in [-0.05, 0) is 25.0 Å². The van der Waals surface area contributed by atoms with Gasteiger partial charge in [-0.3, -0.25) is 4.79 Å². The van der Waals surface area contributed by atoms with Gasteiger partial charge >= 0.3 is 0 Å². The van der Waals surface area contributed by atoms with Gasteiger partial charge in [0.15, 0.2) is 9.84 Å². The highest BCUT2D eigenvalue weighted by atomic mass is 32.2. The normalized spacial score (nSPS) is 21.9. The van der Waals surface area contributed by atoms with Crippen molar-refractivity contribution in [2.24, 2.45) is 0 Å². The molecule has 0 aliphatic carbocycles. The minimum absolute atomic E-state index is 0.000741. The molecule has 1 N–H and O–H groups in total. The minimum atomic E-state index is -2.95. The van der Waals surface area contributed by atoms with Crippen LogP contribution in [-0.4, -0.2) is 48.3 Å². The third kappa shape index (κ3) is 2.93. The van der Waals surface area contributed by atoms with Gasteiger partial charge in [0, 0.05) is 25.0 Å². The first-order valence-corrected chi connectivity index (χ1v) is 7.95. The van der Waals surface area contributed by atoms with Crippen LogP contribution in [-0.2, 0) is 21.1 Å². The summed E-state index contributed by atoms with van der Waals surface area (Å²) in [5.74, 6) is 0.310. The third-order valence-electron chi connectivity index (χ3n) is 3.33. The molecule has 1 saturated heterocycles. The number of likely N-dealkylation sites (N-methyl/N-ethyl adjacent to an activating group) is 1. The molecule has 18 heavy (non-hydrogen) atoms. The van der Waals surface area contributed by atoms with Gasteiger partial charge in [0.05, 0.1) is 17.9 Å². The Morgan fingerprint density at radius 1 is 1.56 bits per heavy atom. The fraction of sp³-hybridized carbons (Fsp3) is 0.583. The summed E-state index contributed by atoms with van der Waals surface area (Å²) in [6, 6.07) is 1.71.